The number of carbonyl (C=O) groups excluding carboxylic acids is 1. The van der Waals surface area contributed by atoms with E-state index in [1.807, 2.05) is 6.92 Å². The smallest absolute Gasteiger partial charge is 0.338 e. The van der Waals surface area contributed by atoms with E-state index in [9.17, 15) is 13.2 Å². The first-order valence-corrected chi connectivity index (χ1v) is 9.99. The van der Waals surface area contributed by atoms with Crippen molar-refractivity contribution in [2.45, 2.75) is 18.7 Å². The number of anilines is 2. The number of benzene rings is 2. The van der Waals surface area contributed by atoms with Gasteiger partial charge in [-0.15, -0.1) is 0 Å². The summed E-state index contributed by atoms with van der Waals surface area (Å²) in [4.78, 5) is 12.0. The molecule has 0 aliphatic heterocycles. The Morgan fingerprint density at radius 2 is 1.84 bits per heavy atom. The van der Waals surface area contributed by atoms with Crippen LogP contribution in [0.4, 0.5) is 11.4 Å². The number of hydrogen-bond acceptors (Lipinski definition) is 5. The monoisotopic (exact) mass is 426 g/mol. The van der Waals surface area contributed by atoms with Crippen LogP contribution < -0.4 is 10.0 Å². The number of rotatable bonds is 7. The molecule has 0 saturated carbocycles. The summed E-state index contributed by atoms with van der Waals surface area (Å²) in [6, 6.07) is 11.2. The van der Waals surface area contributed by atoms with E-state index in [1.165, 1.54) is 12.1 Å². The highest BCUT2D eigenvalue weighted by atomic mass is 79.9. The Bertz CT molecular complexity index is 869. The van der Waals surface area contributed by atoms with Gasteiger partial charge in [0.25, 0.3) is 10.0 Å². The van der Waals surface area contributed by atoms with Crippen LogP contribution in [0.2, 0.25) is 0 Å². The first-order chi connectivity index (χ1) is 11.9. The van der Waals surface area contributed by atoms with Crippen LogP contribution in [0.5, 0.6) is 0 Å². The van der Waals surface area contributed by atoms with Crippen molar-refractivity contribution in [3.63, 3.8) is 0 Å². The molecule has 2 aromatic rings. The molecule has 0 radical (unpaired) electrons. The quantitative estimate of drug-likeness (QED) is 0.656. The summed E-state index contributed by atoms with van der Waals surface area (Å²) >= 11 is 3.24. The molecule has 0 atom stereocenters. The van der Waals surface area contributed by atoms with Crippen LogP contribution in [0, 0.1) is 0 Å². The number of esters is 1. The number of ether oxygens (including phenoxy) is 1. The van der Waals surface area contributed by atoms with E-state index < -0.39 is 16.0 Å². The predicted octanol–water partition coefficient (Wildman–Crippen LogP) is 3.86. The van der Waals surface area contributed by atoms with Gasteiger partial charge in [-0.25, -0.2) is 13.2 Å². The second-order valence-electron chi connectivity index (χ2n) is 5.05. The van der Waals surface area contributed by atoms with Gasteiger partial charge in [-0.3, -0.25) is 4.72 Å². The Kier molecular flexibility index (Phi) is 6.44. The van der Waals surface area contributed by atoms with Gasteiger partial charge in [0.15, 0.2) is 0 Å². The molecule has 0 aliphatic carbocycles. The SMILES string of the molecule is CCNc1ccc(C(=O)OCC)cc1NS(=O)(=O)c1ccccc1Br. The fraction of sp³-hybridized carbons (Fsp3) is 0.235. The summed E-state index contributed by atoms with van der Waals surface area (Å²) in [5.74, 6) is -0.508. The lowest BCUT2D eigenvalue weighted by Gasteiger charge is -2.15. The van der Waals surface area contributed by atoms with Crippen LogP contribution in [-0.4, -0.2) is 27.5 Å². The number of sulfonamides is 1. The second kappa shape index (κ2) is 8.35. The van der Waals surface area contributed by atoms with Crippen molar-refractivity contribution in [2.24, 2.45) is 0 Å². The Balaban J connectivity index is 2.43. The topological polar surface area (TPSA) is 84.5 Å². The van der Waals surface area contributed by atoms with Gasteiger partial charge in [0.2, 0.25) is 0 Å². The van der Waals surface area contributed by atoms with Crippen molar-refractivity contribution >= 4 is 43.3 Å². The van der Waals surface area contributed by atoms with E-state index in [0.717, 1.165) is 0 Å². The van der Waals surface area contributed by atoms with Crippen molar-refractivity contribution in [3.05, 3.63) is 52.5 Å². The molecule has 0 unspecified atom stereocenters. The van der Waals surface area contributed by atoms with E-state index in [1.54, 1.807) is 37.3 Å². The van der Waals surface area contributed by atoms with Crippen molar-refractivity contribution in [2.75, 3.05) is 23.2 Å². The van der Waals surface area contributed by atoms with Gasteiger partial charge in [-0.1, -0.05) is 12.1 Å². The van der Waals surface area contributed by atoms with Gasteiger partial charge in [0.05, 0.1) is 23.5 Å². The number of hydrogen-bond donors (Lipinski definition) is 2. The number of carbonyl (C=O) groups is 1. The Labute approximate surface area is 155 Å². The van der Waals surface area contributed by atoms with E-state index in [2.05, 4.69) is 26.0 Å². The van der Waals surface area contributed by atoms with Gasteiger partial charge in [-0.05, 0) is 60.1 Å². The maximum atomic E-state index is 12.7. The molecule has 25 heavy (non-hydrogen) atoms. The van der Waals surface area contributed by atoms with Gasteiger partial charge >= 0.3 is 5.97 Å². The highest BCUT2D eigenvalue weighted by Gasteiger charge is 2.20. The van der Waals surface area contributed by atoms with Crippen LogP contribution in [0.25, 0.3) is 0 Å². The maximum Gasteiger partial charge on any atom is 0.338 e. The third kappa shape index (κ3) is 4.73. The number of nitrogens with one attached hydrogen (secondary N) is 2. The van der Waals surface area contributed by atoms with Crippen LogP contribution in [0.15, 0.2) is 51.8 Å². The zero-order valence-electron chi connectivity index (χ0n) is 13.9. The average molecular weight is 427 g/mol. The Hall–Kier alpha value is -2.06. The average Bonchev–Trinajstić information content (AvgIpc) is 2.56. The minimum atomic E-state index is -3.83. The lowest BCUT2D eigenvalue weighted by Crippen LogP contribution is -2.16. The largest absolute Gasteiger partial charge is 0.462 e. The summed E-state index contributed by atoms with van der Waals surface area (Å²) < 4.78 is 33.4. The zero-order valence-corrected chi connectivity index (χ0v) is 16.3. The second-order valence-corrected chi connectivity index (χ2v) is 7.55. The molecular formula is C17H19BrN2O4S. The van der Waals surface area contributed by atoms with Crippen molar-refractivity contribution in [3.8, 4) is 0 Å². The Morgan fingerprint density at radius 1 is 1.12 bits per heavy atom. The summed E-state index contributed by atoms with van der Waals surface area (Å²) in [7, 11) is -3.83. The molecule has 0 bridgehead atoms. The maximum absolute atomic E-state index is 12.7. The molecule has 0 aliphatic rings. The highest BCUT2D eigenvalue weighted by molar-refractivity contribution is 9.10. The lowest BCUT2D eigenvalue weighted by molar-refractivity contribution is 0.0526. The molecule has 0 amide bonds. The number of halogens is 1. The van der Waals surface area contributed by atoms with Crippen LogP contribution in [-0.2, 0) is 14.8 Å². The first-order valence-electron chi connectivity index (χ1n) is 7.71. The van der Waals surface area contributed by atoms with Crippen molar-refractivity contribution in [1.29, 1.82) is 0 Å². The van der Waals surface area contributed by atoms with Crippen LogP contribution in [0.1, 0.15) is 24.2 Å². The van der Waals surface area contributed by atoms with Crippen molar-refractivity contribution in [1.82, 2.24) is 0 Å². The third-order valence-corrected chi connectivity index (χ3v) is 5.65. The zero-order chi connectivity index (χ0) is 18.4. The molecule has 6 nitrogen and oxygen atoms in total. The third-order valence-electron chi connectivity index (χ3n) is 3.27. The fourth-order valence-corrected chi connectivity index (χ4v) is 4.25. The summed E-state index contributed by atoms with van der Waals surface area (Å²) in [5.41, 5.74) is 1.13. The van der Waals surface area contributed by atoms with E-state index in [4.69, 9.17) is 4.74 Å². The summed E-state index contributed by atoms with van der Waals surface area (Å²) in [6.07, 6.45) is 0. The van der Waals surface area contributed by atoms with Gasteiger partial charge in [0, 0.05) is 11.0 Å². The predicted molar refractivity (Wildman–Crippen MR) is 102 cm³/mol. The van der Waals surface area contributed by atoms with Crippen LogP contribution in [0.3, 0.4) is 0 Å². The molecule has 0 fully saturated rings. The normalized spacial score (nSPS) is 11.0. The van der Waals surface area contributed by atoms with Gasteiger partial charge < -0.3 is 10.1 Å². The Morgan fingerprint density at radius 3 is 2.48 bits per heavy atom. The highest BCUT2D eigenvalue weighted by Crippen LogP contribution is 2.29. The van der Waals surface area contributed by atoms with E-state index >= 15 is 0 Å². The molecule has 2 N–H and O–H groups in total. The standard InChI is InChI=1S/C17H19BrN2O4S/c1-3-19-14-10-9-12(17(21)24-4-2)11-15(14)20-25(22,23)16-8-6-5-7-13(16)18/h5-11,19-20H,3-4H2,1-2H3. The molecule has 134 valence electrons. The minimum absolute atomic E-state index is 0.110. The van der Waals surface area contributed by atoms with Gasteiger partial charge in [0.1, 0.15) is 4.90 Å². The van der Waals surface area contributed by atoms with E-state index in [0.29, 0.717) is 16.7 Å². The molecule has 0 spiro atoms. The van der Waals surface area contributed by atoms with E-state index in [-0.39, 0.29) is 22.8 Å². The molecule has 2 aromatic carbocycles. The fourth-order valence-electron chi connectivity index (χ4n) is 2.18. The first kappa shape index (κ1) is 19.3. The molecule has 0 saturated heterocycles. The lowest BCUT2D eigenvalue weighted by atomic mass is 10.1. The summed E-state index contributed by atoms with van der Waals surface area (Å²) in [6.45, 7) is 4.45. The van der Waals surface area contributed by atoms with Crippen LogP contribution >= 0.6 is 15.9 Å². The summed E-state index contributed by atoms with van der Waals surface area (Å²) in [5, 5.41) is 3.07. The molecule has 0 aromatic heterocycles. The molecule has 0 heterocycles. The molecule has 8 heteroatoms. The molecular weight excluding hydrogens is 408 g/mol. The van der Waals surface area contributed by atoms with Crippen molar-refractivity contribution < 1.29 is 17.9 Å². The molecule has 2 rings (SSSR count). The van der Waals surface area contributed by atoms with Gasteiger partial charge in [-0.2, -0.15) is 0 Å². The minimum Gasteiger partial charge on any atom is -0.462 e.